The SMILES string of the molecule is CC(C)(C)S(=O)(=O)N[C@@H](CC(=O)O)c1cccc(-c2cccs2)c1. The monoisotopic (exact) mass is 367 g/mol. The maximum absolute atomic E-state index is 12.4. The molecule has 1 aromatic heterocycles. The lowest BCUT2D eigenvalue weighted by Gasteiger charge is -2.25. The third-order valence-electron chi connectivity index (χ3n) is 3.58. The lowest BCUT2D eigenvalue weighted by atomic mass is 10.0. The molecule has 0 radical (unpaired) electrons. The molecule has 24 heavy (non-hydrogen) atoms. The molecule has 0 fully saturated rings. The number of aliphatic carboxylic acids is 1. The predicted molar refractivity (Wildman–Crippen MR) is 96.6 cm³/mol. The standard InChI is InChI=1S/C17H21NO4S2/c1-17(2,3)24(21,22)18-14(11-16(19)20)12-6-4-7-13(10-12)15-8-5-9-23-15/h4-10,14,18H,11H2,1-3H3,(H,19,20)/t14-/m0/s1. The third-order valence-corrected chi connectivity index (χ3v) is 6.70. The summed E-state index contributed by atoms with van der Waals surface area (Å²) in [5.74, 6) is -1.06. The average molecular weight is 367 g/mol. The molecule has 1 aromatic carbocycles. The van der Waals surface area contributed by atoms with Crippen molar-refractivity contribution in [1.82, 2.24) is 4.72 Å². The Morgan fingerprint density at radius 1 is 1.25 bits per heavy atom. The fraction of sp³-hybridized carbons (Fsp3) is 0.353. The molecule has 0 unspecified atom stereocenters. The second kappa shape index (κ2) is 7.04. The van der Waals surface area contributed by atoms with Crippen molar-refractivity contribution >= 4 is 27.3 Å². The first kappa shape index (κ1) is 18.6. The fourth-order valence-electron chi connectivity index (χ4n) is 2.12. The Balaban J connectivity index is 2.38. The number of nitrogens with one attached hydrogen (secondary N) is 1. The third kappa shape index (κ3) is 4.43. The molecule has 1 atom stereocenters. The average Bonchev–Trinajstić information content (AvgIpc) is 2.99. The van der Waals surface area contributed by atoms with Crippen LogP contribution in [0.4, 0.5) is 0 Å². The minimum atomic E-state index is -3.67. The van der Waals surface area contributed by atoms with Crippen LogP contribution in [0.5, 0.6) is 0 Å². The van der Waals surface area contributed by atoms with Crippen molar-refractivity contribution in [2.45, 2.75) is 38.0 Å². The largest absolute Gasteiger partial charge is 0.481 e. The zero-order valence-corrected chi connectivity index (χ0v) is 15.4. The van der Waals surface area contributed by atoms with Gasteiger partial charge in [0.1, 0.15) is 0 Å². The van der Waals surface area contributed by atoms with Gasteiger partial charge in [0.05, 0.1) is 17.2 Å². The van der Waals surface area contributed by atoms with Crippen LogP contribution in [-0.2, 0) is 14.8 Å². The maximum atomic E-state index is 12.4. The van der Waals surface area contributed by atoms with Crippen molar-refractivity contribution < 1.29 is 18.3 Å². The van der Waals surface area contributed by atoms with Crippen LogP contribution < -0.4 is 4.72 Å². The van der Waals surface area contributed by atoms with Crippen molar-refractivity contribution in [3.8, 4) is 10.4 Å². The molecule has 0 spiro atoms. The Morgan fingerprint density at radius 3 is 2.50 bits per heavy atom. The van der Waals surface area contributed by atoms with Gasteiger partial charge in [0.15, 0.2) is 0 Å². The first-order valence-corrected chi connectivity index (χ1v) is 9.84. The lowest BCUT2D eigenvalue weighted by molar-refractivity contribution is -0.137. The Morgan fingerprint density at radius 2 is 1.96 bits per heavy atom. The van der Waals surface area contributed by atoms with Crippen LogP contribution in [0.2, 0.25) is 0 Å². The molecule has 130 valence electrons. The summed E-state index contributed by atoms with van der Waals surface area (Å²) in [6, 6.07) is 10.4. The second-order valence-corrected chi connectivity index (χ2v) is 9.90. The summed E-state index contributed by atoms with van der Waals surface area (Å²) in [5.41, 5.74) is 1.57. The minimum absolute atomic E-state index is 0.316. The zero-order chi connectivity index (χ0) is 18.0. The summed E-state index contributed by atoms with van der Waals surface area (Å²) in [4.78, 5) is 12.2. The van der Waals surface area contributed by atoms with Gasteiger partial charge in [-0.1, -0.05) is 24.3 Å². The lowest BCUT2D eigenvalue weighted by Crippen LogP contribution is -2.41. The fourth-order valence-corrected chi connectivity index (χ4v) is 3.79. The highest BCUT2D eigenvalue weighted by Gasteiger charge is 2.32. The van der Waals surface area contributed by atoms with E-state index in [2.05, 4.69) is 4.72 Å². The van der Waals surface area contributed by atoms with E-state index in [0.29, 0.717) is 5.56 Å². The summed E-state index contributed by atoms with van der Waals surface area (Å²) < 4.78 is 26.4. The summed E-state index contributed by atoms with van der Waals surface area (Å²) in [5, 5.41) is 11.1. The Bertz CT molecular complexity index is 805. The second-order valence-electron chi connectivity index (χ2n) is 6.49. The summed E-state index contributed by atoms with van der Waals surface area (Å²) in [6.45, 7) is 4.74. The minimum Gasteiger partial charge on any atom is -0.481 e. The molecule has 2 rings (SSSR count). The number of hydrogen-bond donors (Lipinski definition) is 2. The topological polar surface area (TPSA) is 83.5 Å². The van der Waals surface area contributed by atoms with Crippen LogP contribution in [0.1, 0.15) is 38.8 Å². The van der Waals surface area contributed by atoms with E-state index in [9.17, 15) is 13.2 Å². The molecule has 0 aliphatic carbocycles. The molecular weight excluding hydrogens is 346 g/mol. The van der Waals surface area contributed by atoms with Gasteiger partial charge in [-0.2, -0.15) is 0 Å². The van der Waals surface area contributed by atoms with Crippen molar-refractivity contribution in [3.63, 3.8) is 0 Å². The first-order valence-electron chi connectivity index (χ1n) is 7.47. The Kier molecular flexibility index (Phi) is 5.47. The van der Waals surface area contributed by atoms with Gasteiger partial charge in [-0.05, 0) is 49.4 Å². The van der Waals surface area contributed by atoms with Gasteiger partial charge in [0, 0.05) is 4.88 Å². The van der Waals surface area contributed by atoms with Gasteiger partial charge >= 0.3 is 5.97 Å². The number of carbonyl (C=O) groups is 1. The summed E-state index contributed by atoms with van der Waals surface area (Å²) in [7, 11) is -3.67. The number of carboxylic acid groups (broad SMARTS) is 1. The molecule has 2 aromatic rings. The highest BCUT2D eigenvalue weighted by atomic mass is 32.2. The smallest absolute Gasteiger partial charge is 0.305 e. The molecule has 5 nitrogen and oxygen atoms in total. The molecule has 0 saturated carbocycles. The van der Waals surface area contributed by atoms with E-state index in [4.69, 9.17) is 5.11 Å². The van der Waals surface area contributed by atoms with Crippen molar-refractivity contribution in [1.29, 1.82) is 0 Å². The van der Waals surface area contributed by atoms with E-state index >= 15 is 0 Å². The predicted octanol–water partition coefficient (Wildman–Crippen LogP) is 3.65. The highest BCUT2D eigenvalue weighted by molar-refractivity contribution is 7.90. The van der Waals surface area contributed by atoms with Gasteiger partial charge in [-0.25, -0.2) is 13.1 Å². The first-order chi connectivity index (χ1) is 11.1. The van der Waals surface area contributed by atoms with Crippen molar-refractivity contribution in [3.05, 3.63) is 47.3 Å². The molecule has 0 amide bonds. The molecule has 0 aliphatic heterocycles. The van der Waals surface area contributed by atoms with E-state index in [1.54, 1.807) is 38.2 Å². The number of carboxylic acids is 1. The van der Waals surface area contributed by atoms with Gasteiger partial charge in [-0.3, -0.25) is 4.79 Å². The number of benzene rings is 1. The highest BCUT2D eigenvalue weighted by Crippen LogP contribution is 2.29. The van der Waals surface area contributed by atoms with Crippen molar-refractivity contribution in [2.75, 3.05) is 0 Å². The Hall–Kier alpha value is -1.70. The van der Waals surface area contributed by atoms with Crippen LogP contribution >= 0.6 is 11.3 Å². The van der Waals surface area contributed by atoms with Crippen LogP contribution in [0.25, 0.3) is 10.4 Å². The van der Waals surface area contributed by atoms with Gasteiger partial charge < -0.3 is 5.11 Å². The number of rotatable bonds is 6. The van der Waals surface area contributed by atoms with E-state index in [-0.39, 0.29) is 6.42 Å². The van der Waals surface area contributed by atoms with Gasteiger partial charge in [-0.15, -0.1) is 11.3 Å². The van der Waals surface area contributed by atoms with Crippen molar-refractivity contribution in [2.24, 2.45) is 0 Å². The quantitative estimate of drug-likeness (QED) is 0.816. The summed E-state index contributed by atoms with van der Waals surface area (Å²) >= 11 is 1.57. The van der Waals surface area contributed by atoms with Gasteiger partial charge in [0.2, 0.25) is 10.0 Å². The molecule has 1 heterocycles. The van der Waals surface area contributed by atoms with E-state index < -0.39 is 26.8 Å². The molecule has 2 N–H and O–H groups in total. The van der Waals surface area contributed by atoms with Gasteiger partial charge in [0.25, 0.3) is 0 Å². The zero-order valence-electron chi connectivity index (χ0n) is 13.8. The van der Waals surface area contributed by atoms with Crippen LogP contribution in [0.15, 0.2) is 41.8 Å². The van der Waals surface area contributed by atoms with E-state index in [1.807, 2.05) is 35.7 Å². The number of thiophene rings is 1. The van der Waals surface area contributed by atoms with Crippen LogP contribution in [0, 0.1) is 0 Å². The maximum Gasteiger partial charge on any atom is 0.305 e. The van der Waals surface area contributed by atoms with E-state index in [0.717, 1.165) is 10.4 Å². The van der Waals surface area contributed by atoms with Crippen LogP contribution in [0.3, 0.4) is 0 Å². The van der Waals surface area contributed by atoms with Crippen LogP contribution in [-0.4, -0.2) is 24.2 Å². The molecular formula is C17H21NO4S2. The summed E-state index contributed by atoms with van der Waals surface area (Å²) in [6.07, 6.45) is -0.316. The molecule has 0 saturated heterocycles. The molecule has 0 aliphatic rings. The molecule has 0 bridgehead atoms. The Labute approximate surface area is 146 Å². The normalized spacial score (nSPS) is 13.6. The van der Waals surface area contributed by atoms with E-state index in [1.165, 1.54) is 0 Å². The number of hydrogen-bond acceptors (Lipinski definition) is 4. The molecule has 7 heteroatoms. The number of sulfonamides is 1.